The molecule has 0 unspecified atom stereocenters. The number of hydrogen-bond donors (Lipinski definition) is 8. The lowest BCUT2D eigenvalue weighted by molar-refractivity contribution is -0.326. The van der Waals surface area contributed by atoms with Crippen LogP contribution in [0, 0.1) is 0 Å². The minimum atomic E-state index is -1.54. The monoisotopic (exact) mass is 382 g/mol. The Morgan fingerprint density at radius 2 is 1.65 bits per heavy atom. The van der Waals surface area contributed by atoms with E-state index in [9.17, 15) is 35.4 Å². The molecular formula is C14H26N2O10. The van der Waals surface area contributed by atoms with Crippen LogP contribution in [-0.2, 0) is 19.0 Å². The van der Waals surface area contributed by atoms with E-state index in [1.165, 1.54) is 6.92 Å². The first-order valence-corrected chi connectivity index (χ1v) is 8.14. The van der Waals surface area contributed by atoms with Crippen LogP contribution in [0.3, 0.4) is 0 Å². The summed E-state index contributed by atoms with van der Waals surface area (Å²) in [5.41, 5.74) is 5.63. The van der Waals surface area contributed by atoms with Crippen molar-refractivity contribution >= 4 is 5.91 Å². The van der Waals surface area contributed by atoms with Crippen LogP contribution < -0.4 is 11.1 Å². The Morgan fingerprint density at radius 3 is 2.19 bits per heavy atom. The van der Waals surface area contributed by atoms with E-state index in [1.807, 2.05) is 0 Å². The molecule has 2 aliphatic rings. The number of rotatable bonds is 5. The molecule has 152 valence electrons. The summed E-state index contributed by atoms with van der Waals surface area (Å²) in [6.07, 6.45) is -11.1. The van der Waals surface area contributed by atoms with Gasteiger partial charge in [0.1, 0.15) is 42.7 Å². The van der Waals surface area contributed by atoms with Gasteiger partial charge >= 0.3 is 0 Å². The lowest BCUT2D eigenvalue weighted by Gasteiger charge is -2.46. The van der Waals surface area contributed by atoms with Crippen LogP contribution in [0.25, 0.3) is 0 Å². The van der Waals surface area contributed by atoms with Gasteiger partial charge in [0.15, 0.2) is 12.6 Å². The van der Waals surface area contributed by atoms with Crippen molar-refractivity contribution in [2.45, 2.75) is 68.2 Å². The Labute approximate surface area is 149 Å². The highest BCUT2D eigenvalue weighted by Gasteiger charge is 2.50. The number of ether oxygens (including phenoxy) is 3. The molecule has 2 saturated heterocycles. The molecule has 0 aromatic carbocycles. The number of hydrogen-bond acceptors (Lipinski definition) is 11. The van der Waals surface area contributed by atoms with E-state index < -0.39 is 80.4 Å². The number of nitrogens with two attached hydrogens (primary N) is 1. The number of aliphatic hydroxyl groups excluding tert-OH is 6. The third kappa shape index (κ3) is 4.31. The fraction of sp³-hybridized carbons (Fsp3) is 0.929. The molecule has 2 fully saturated rings. The third-order valence-electron chi connectivity index (χ3n) is 4.46. The maximum absolute atomic E-state index is 11.4. The molecule has 0 radical (unpaired) electrons. The normalized spacial score (nSPS) is 46.8. The summed E-state index contributed by atoms with van der Waals surface area (Å²) in [6.45, 7) is -0.0937. The van der Waals surface area contributed by atoms with E-state index in [0.29, 0.717) is 0 Å². The van der Waals surface area contributed by atoms with Gasteiger partial charge in [0.2, 0.25) is 5.91 Å². The molecule has 12 heteroatoms. The Hall–Kier alpha value is -0.930. The molecule has 0 aromatic heterocycles. The summed E-state index contributed by atoms with van der Waals surface area (Å²) in [4.78, 5) is 11.4. The van der Waals surface area contributed by atoms with Gasteiger partial charge in [-0.05, 0) is 0 Å². The zero-order chi connectivity index (χ0) is 19.6. The molecule has 0 aliphatic carbocycles. The molecule has 0 saturated carbocycles. The van der Waals surface area contributed by atoms with E-state index in [2.05, 4.69) is 5.32 Å². The smallest absolute Gasteiger partial charge is 0.217 e. The van der Waals surface area contributed by atoms with Gasteiger partial charge in [-0.2, -0.15) is 0 Å². The molecule has 26 heavy (non-hydrogen) atoms. The molecule has 0 aromatic rings. The number of nitrogens with one attached hydrogen (secondary N) is 1. The highest BCUT2D eigenvalue weighted by molar-refractivity contribution is 5.73. The van der Waals surface area contributed by atoms with Crippen molar-refractivity contribution < 1.29 is 49.6 Å². The molecule has 2 aliphatic heterocycles. The van der Waals surface area contributed by atoms with Crippen molar-refractivity contribution in [3.05, 3.63) is 0 Å². The van der Waals surface area contributed by atoms with Gasteiger partial charge in [-0.25, -0.2) is 0 Å². The summed E-state index contributed by atoms with van der Waals surface area (Å²) in [7, 11) is 0. The second-order valence-corrected chi connectivity index (χ2v) is 6.35. The molecule has 2 rings (SSSR count). The molecule has 2 heterocycles. The van der Waals surface area contributed by atoms with Crippen molar-refractivity contribution in [3.8, 4) is 0 Å². The average Bonchev–Trinajstić information content (AvgIpc) is 2.60. The third-order valence-corrected chi connectivity index (χ3v) is 4.46. The Morgan fingerprint density at radius 1 is 1.04 bits per heavy atom. The Bertz CT molecular complexity index is 481. The van der Waals surface area contributed by atoms with Crippen molar-refractivity contribution in [1.29, 1.82) is 0 Å². The van der Waals surface area contributed by atoms with Crippen LogP contribution in [-0.4, -0.2) is 111 Å². The van der Waals surface area contributed by atoms with E-state index in [-0.39, 0.29) is 0 Å². The maximum atomic E-state index is 11.4. The zero-order valence-electron chi connectivity index (χ0n) is 14.1. The number of carbonyl (C=O) groups excluding carboxylic acids is 1. The van der Waals surface area contributed by atoms with Crippen LogP contribution >= 0.6 is 0 Å². The predicted molar refractivity (Wildman–Crippen MR) is 82.2 cm³/mol. The molecular weight excluding hydrogens is 356 g/mol. The molecule has 10 atom stereocenters. The summed E-state index contributed by atoms with van der Waals surface area (Å²) in [5, 5.41) is 61.1. The summed E-state index contributed by atoms with van der Waals surface area (Å²) in [5.74, 6) is -0.549. The van der Waals surface area contributed by atoms with Crippen molar-refractivity contribution in [1.82, 2.24) is 5.32 Å². The molecule has 12 nitrogen and oxygen atoms in total. The van der Waals surface area contributed by atoms with Gasteiger partial charge in [0.05, 0.1) is 19.3 Å². The van der Waals surface area contributed by atoms with Crippen LogP contribution in [0.5, 0.6) is 0 Å². The first-order valence-electron chi connectivity index (χ1n) is 8.14. The SMILES string of the molecule is CC(=O)N[C@H]1[C@H](O[C@H]2[C@H](O)[C@@H](N)[C@@H](O)O[C@@H]2CO)O[C@H](CO)[C@@H](O)[C@@H]1O. The topological polar surface area (TPSA) is 204 Å². The van der Waals surface area contributed by atoms with Crippen LogP contribution in [0.15, 0.2) is 0 Å². The van der Waals surface area contributed by atoms with Crippen LogP contribution in [0.4, 0.5) is 0 Å². The van der Waals surface area contributed by atoms with Crippen molar-refractivity contribution in [3.63, 3.8) is 0 Å². The first kappa shape index (κ1) is 21.4. The fourth-order valence-electron chi connectivity index (χ4n) is 3.01. The van der Waals surface area contributed by atoms with Gasteiger partial charge in [-0.3, -0.25) is 4.79 Å². The number of aliphatic hydroxyl groups is 6. The van der Waals surface area contributed by atoms with Crippen LogP contribution in [0.1, 0.15) is 6.92 Å². The van der Waals surface area contributed by atoms with E-state index >= 15 is 0 Å². The standard InChI is InChI=1S/C14H26N2O10/c1-4(19)16-8-11(22)9(20)5(2-17)25-14(8)26-12-6(3-18)24-13(23)7(15)10(12)21/h5-14,17-18,20-23H,2-3,15H2,1H3,(H,16,19)/t5-,6-,7-,8-,9-,10-,11-,12-,13+,14+/m1/s1. The second-order valence-electron chi connectivity index (χ2n) is 6.35. The van der Waals surface area contributed by atoms with Gasteiger partial charge in [0.25, 0.3) is 0 Å². The highest BCUT2D eigenvalue weighted by atomic mass is 16.7. The molecule has 0 bridgehead atoms. The lowest BCUT2D eigenvalue weighted by atomic mass is 9.95. The van der Waals surface area contributed by atoms with Crippen LogP contribution in [0.2, 0.25) is 0 Å². The molecule has 1 amide bonds. The maximum Gasteiger partial charge on any atom is 0.217 e. The fourth-order valence-corrected chi connectivity index (χ4v) is 3.01. The zero-order valence-corrected chi connectivity index (χ0v) is 14.1. The van der Waals surface area contributed by atoms with Crippen molar-refractivity contribution in [2.24, 2.45) is 5.73 Å². The average molecular weight is 382 g/mol. The lowest BCUT2D eigenvalue weighted by Crippen LogP contribution is -2.68. The largest absolute Gasteiger partial charge is 0.394 e. The number of carbonyl (C=O) groups is 1. The van der Waals surface area contributed by atoms with Gasteiger partial charge < -0.3 is 55.9 Å². The van der Waals surface area contributed by atoms with Crippen molar-refractivity contribution in [2.75, 3.05) is 13.2 Å². The number of amides is 1. The minimum absolute atomic E-state index is 0.549. The molecule has 9 N–H and O–H groups in total. The van der Waals surface area contributed by atoms with Gasteiger partial charge in [-0.1, -0.05) is 0 Å². The van der Waals surface area contributed by atoms with E-state index in [1.54, 1.807) is 0 Å². The summed E-state index contributed by atoms with van der Waals surface area (Å²) < 4.78 is 16.1. The first-order chi connectivity index (χ1) is 12.2. The highest BCUT2D eigenvalue weighted by Crippen LogP contribution is 2.28. The summed E-state index contributed by atoms with van der Waals surface area (Å²) in [6, 6.07) is -2.48. The summed E-state index contributed by atoms with van der Waals surface area (Å²) >= 11 is 0. The second kappa shape index (κ2) is 8.84. The van der Waals surface area contributed by atoms with Gasteiger partial charge in [-0.15, -0.1) is 0 Å². The molecule has 0 spiro atoms. The Kier molecular flexibility index (Phi) is 7.27. The van der Waals surface area contributed by atoms with E-state index in [4.69, 9.17) is 19.9 Å². The quantitative estimate of drug-likeness (QED) is 0.225. The van der Waals surface area contributed by atoms with E-state index in [0.717, 1.165) is 0 Å². The Balaban J connectivity index is 2.22. The predicted octanol–water partition coefficient (Wildman–Crippen LogP) is -5.29. The van der Waals surface area contributed by atoms with Gasteiger partial charge in [0, 0.05) is 6.92 Å². The minimum Gasteiger partial charge on any atom is -0.394 e.